The zero-order valence-electron chi connectivity index (χ0n) is 17.6. The topological polar surface area (TPSA) is 97.9 Å². The minimum Gasteiger partial charge on any atom is -0.384 e. The van der Waals surface area contributed by atoms with E-state index in [9.17, 15) is 9.18 Å². The first-order valence-electron chi connectivity index (χ1n) is 10.2. The monoisotopic (exact) mass is 440 g/mol. The highest BCUT2D eigenvalue weighted by Crippen LogP contribution is 2.25. The summed E-state index contributed by atoms with van der Waals surface area (Å²) in [4.78, 5) is 20.4. The van der Waals surface area contributed by atoms with Gasteiger partial charge in [0.1, 0.15) is 11.6 Å². The van der Waals surface area contributed by atoms with Crippen LogP contribution in [0.25, 0.3) is 11.1 Å². The molecule has 4 N–H and O–H groups in total. The Labute approximate surface area is 190 Å². The largest absolute Gasteiger partial charge is 0.384 e. The number of hydrogen-bond donors (Lipinski definition) is 3. The molecule has 8 heteroatoms. The number of nitrogens with two attached hydrogens (primary N) is 1. The fourth-order valence-corrected chi connectivity index (χ4v) is 3.16. The smallest absolute Gasteiger partial charge is 0.319 e. The van der Waals surface area contributed by atoms with Gasteiger partial charge < -0.3 is 20.9 Å². The Morgan fingerprint density at radius 2 is 1.82 bits per heavy atom. The molecule has 0 saturated heterocycles. The third-order valence-electron chi connectivity index (χ3n) is 4.84. The molecule has 4 rings (SSSR count). The highest BCUT2D eigenvalue weighted by Gasteiger charge is 2.08. The van der Waals surface area contributed by atoms with Crippen molar-refractivity contribution in [3.63, 3.8) is 0 Å². The molecule has 0 spiro atoms. The van der Waals surface area contributed by atoms with Gasteiger partial charge >= 0.3 is 6.03 Å². The summed E-state index contributed by atoms with van der Waals surface area (Å²) in [6.07, 6.45) is 6.58. The predicted octanol–water partition coefficient (Wildman–Crippen LogP) is 3.89. The Morgan fingerprint density at radius 3 is 2.55 bits per heavy atom. The Balaban J connectivity index is 1.52. The third kappa shape index (κ3) is 5.74. The number of hydrogen-bond acceptors (Lipinski definition) is 4. The van der Waals surface area contributed by atoms with E-state index >= 15 is 0 Å². The van der Waals surface area contributed by atoms with Gasteiger partial charge in [-0.3, -0.25) is 4.98 Å². The number of aromatic nitrogens is 3. The fourth-order valence-electron chi connectivity index (χ4n) is 3.16. The van der Waals surface area contributed by atoms with E-state index in [4.69, 9.17) is 5.73 Å². The number of halogens is 1. The lowest BCUT2D eigenvalue weighted by molar-refractivity contribution is 0.251. The van der Waals surface area contributed by atoms with Gasteiger partial charge in [-0.1, -0.05) is 17.9 Å². The zero-order chi connectivity index (χ0) is 23.0. The van der Waals surface area contributed by atoms with Gasteiger partial charge in [-0.2, -0.15) is 0 Å². The molecule has 164 valence electrons. The van der Waals surface area contributed by atoms with E-state index in [0.29, 0.717) is 30.2 Å². The van der Waals surface area contributed by atoms with Gasteiger partial charge in [0.25, 0.3) is 0 Å². The number of imidazole rings is 1. The molecule has 0 fully saturated rings. The van der Waals surface area contributed by atoms with Crippen LogP contribution in [-0.2, 0) is 6.54 Å². The van der Waals surface area contributed by atoms with E-state index < -0.39 is 0 Å². The van der Waals surface area contributed by atoms with Crippen LogP contribution < -0.4 is 16.4 Å². The molecule has 2 aromatic heterocycles. The second-order valence-electron chi connectivity index (χ2n) is 7.15. The molecule has 2 aromatic carbocycles. The maximum Gasteiger partial charge on any atom is 0.319 e. The van der Waals surface area contributed by atoms with E-state index in [1.165, 1.54) is 12.1 Å². The van der Waals surface area contributed by atoms with E-state index in [1.54, 1.807) is 47.7 Å². The van der Waals surface area contributed by atoms with Gasteiger partial charge in [0.15, 0.2) is 0 Å². The molecule has 33 heavy (non-hydrogen) atoms. The standard InChI is InChI=1S/C25H21FN6O/c26-21-5-2-18(3-6-21)1-4-20-15-22(7-8-23(20)19-9-11-28-12-10-19)31-25(33)30-13-14-32-17-29-16-24(32)27/h2-3,5-12,15-17H,13-14,27H2,(H2,30,31,33). The minimum atomic E-state index is -0.345. The molecule has 2 amide bonds. The first kappa shape index (κ1) is 21.6. The number of rotatable bonds is 5. The maximum atomic E-state index is 13.2. The number of pyridine rings is 1. The molecular formula is C25H21FN6O. The molecule has 0 atom stereocenters. The van der Waals surface area contributed by atoms with Crippen molar-refractivity contribution in [2.45, 2.75) is 6.54 Å². The lowest BCUT2D eigenvalue weighted by Gasteiger charge is -2.11. The number of nitrogens with zero attached hydrogens (tertiary/aromatic N) is 3. The lowest BCUT2D eigenvalue weighted by atomic mass is 10.00. The second kappa shape index (κ2) is 10.1. The van der Waals surface area contributed by atoms with Crippen LogP contribution in [0.2, 0.25) is 0 Å². The van der Waals surface area contributed by atoms with Gasteiger partial charge in [0, 0.05) is 42.3 Å². The summed E-state index contributed by atoms with van der Waals surface area (Å²) in [5.74, 6) is 6.41. The number of anilines is 2. The summed E-state index contributed by atoms with van der Waals surface area (Å²) in [6.45, 7) is 0.896. The fraction of sp³-hybridized carbons (Fsp3) is 0.0800. The van der Waals surface area contributed by atoms with Crippen molar-refractivity contribution in [2.24, 2.45) is 0 Å². The van der Waals surface area contributed by atoms with E-state index in [2.05, 4.69) is 32.4 Å². The molecule has 7 nitrogen and oxygen atoms in total. The normalized spacial score (nSPS) is 10.2. The quantitative estimate of drug-likeness (QED) is 0.410. The summed E-state index contributed by atoms with van der Waals surface area (Å²) in [5.41, 5.74) is 9.62. The molecule has 0 unspecified atom stereocenters. The van der Waals surface area contributed by atoms with E-state index in [1.807, 2.05) is 24.3 Å². The molecule has 0 aliphatic heterocycles. The van der Waals surface area contributed by atoms with Crippen LogP contribution in [0, 0.1) is 17.7 Å². The first-order chi connectivity index (χ1) is 16.1. The van der Waals surface area contributed by atoms with Crippen molar-refractivity contribution in [2.75, 3.05) is 17.6 Å². The predicted molar refractivity (Wildman–Crippen MR) is 126 cm³/mol. The molecule has 2 heterocycles. The number of amides is 2. The van der Waals surface area contributed by atoms with Crippen LogP contribution in [-0.4, -0.2) is 27.1 Å². The highest BCUT2D eigenvalue weighted by atomic mass is 19.1. The summed E-state index contributed by atoms with van der Waals surface area (Å²) in [6, 6.07) is 14.9. The van der Waals surface area contributed by atoms with Crippen molar-refractivity contribution >= 4 is 17.5 Å². The molecular weight excluding hydrogens is 419 g/mol. The molecule has 4 aromatic rings. The van der Waals surface area contributed by atoms with Crippen molar-refractivity contribution in [1.29, 1.82) is 0 Å². The molecule has 0 aliphatic rings. The van der Waals surface area contributed by atoms with Gasteiger partial charge in [0.05, 0.1) is 12.5 Å². The van der Waals surface area contributed by atoms with Gasteiger partial charge in [-0.05, 0) is 59.7 Å². The number of carbonyl (C=O) groups is 1. The van der Waals surface area contributed by atoms with Crippen LogP contribution in [0.1, 0.15) is 11.1 Å². The SMILES string of the molecule is Nc1cncn1CCNC(=O)Nc1ccc(-c2ccncc2)c(C#Cc2ccc(F)cc2)c1. The summed E-state index contributed by atoms with van der Waals surface area (Å²) < 4.78 is 14.9. The van der Waals surface area contributed by atoms with Crippen LogP contribution in [0.3, 0.4) is 0 Å². The Hall–Kier alpha value is -4.64. The molecule has 0 radical (unpaired) electrons. The number of nitrogen functional groups attached to an aromatic ring is 1. The van der Waals surface area contributed by atoms with Crippen LogP contribution >= 0.6 is 0 Å². The highest BCUT2D eigenvalue weighted by molar-refractivity contribution is 5.90. The van der Waals surface area contributed by atoms with E-state index in [-0.39, 0.29) is 11.8 Å². The van der Waals surface area contributed by atoms with Crippen molar-refractivity contribution < 1.29 is 9.18 Å². The van der Waals surface area contributed by atoms with Gasteiger partial charge in [-0.25, -0.2) is 14.2 Å². The van der Waals surface area contributed by atoms with Crippen molar-refractivity contribution in [1.82, 2.24) is 19.9 Å². The molecule has 0 aliphatic carbocycles. The zero-order valence-corrected chi connectivity index (χ0v) is 17.6. The number of nitrogens with one attached hydrogen (secondary N) is 2. The summed E-state index contributed by atoms with van der Waals surface area (Å²) in [7, 11) is 0. The van der Waals surface area contributed by atoms with E-state index in [0.717, 1.165) is 16.7 Å². The van der Waals surface area contributed by atoms with Gasteiger partial charge in [0.2, 0.25) is 0 Å². The Morgan fingerprint density at radius 1 is 1.03 bits per heavy atom. The summed E-state index contributed by atoms with van der Waals surface area (Å²) in [5, 5.41) is 5.62. The summed E-state index contributed by atoms with van der Waals surface area (Å²) >= 11 is 0. The average molecular weight is 440 g/mol. The van der Waals surface area contributed by atoms with Crippen LogP contribution in [0.15, 0.2) is 79.5 Å². The van der Waals surface area contributed by atoms with Gasteiger partial charge in [-0.15, -0.1) is 0 Å². The van der Waals surface area contributed by atoms with Crippen molar-refractivity contribution in [3.8, 4) is 23.0 Å². The Kier molecular flexibility index (Phi) is 6.61. The lowest BCUT2D eigenvalue weighted by Crippen LogP contribution is -2.31. The number of carbonyl (C=O) groups excluding carboxylic acids is 1. The second-order valence-corrected chi connectivity index (χ2v) is 7.15. The number of benzene rings is 2. The molecule has 0 saturated carbocycles. The van der Waals surface area contributed by atoms with Crippen LogP contribution in [0.4, 0.5) is 20.7 Å². The molecule has 0 bridgehead atoms. The first-order valence-corrected chi connectivity index (χ1v) is 10.2. The maximum absolute atomic E-state index is 13.2. The van der Waals surface area contributed by atoms with Crippen LogP contribution in [0.5, 0.6) is 0 Å². The average Bonchev–Trinajstić information content (AvgIpc) is 3.24. The Bertz CT molecular complexity index is 1310. The number of urea groups is 1. The third-order valence-corrected chi connectivity index (χ3v) is 4.84. The minimum absolute atomic E-state index is 0.314. The van der Waals surface area contributed by atoms with Crippen molar-refractivity contribution in [3.05, 3.63) is 96.5 Å².